The third-order valence-corrected chi connectivity index (χ3v) is 3.72. The van der Waals surface area contributed by atoms with Gasteiger partial charge in [0.25, 0.3) is 5.91 Å². The second-order valence-corrected chi connectivity index (χ2v) is 5.02. The molecule has 2 N–H and O–H groups in total. The number of piperidine rings is 1. The first kappa shape index (κ1) is 13.8. The van der Waals surface area contributed by atoms with Crippen molar-refractivity contribution in [2.75, 3.05) is 25.9 Å². The average Bonchev–Trinajstić information content (AvgIpc) is 2.38. The number of carbonyl (C=O) groups is 1. The van der Waals surface area contributed by atoms with Gasteiger partial charge in [0.2, 0.25) is 0 Å². The first-order valence-electron chi connectivity index (χ1n) is 6.40. The molecule has 1 fully saturated rings. The van der Waals surface area contributed by atoms with Gasteiger partial charge in [-0.2, -0.15) is 0 Å². The molecule has 1 aliphatic rings. The van der Waals surface area contributed by atoms with Gasteiger partial charge in [-0.1, -0.05) is 6.92 Å². The predicted octanol–water partition coefficient (Wildman–Crippen LogP) is 1.90. The highest BCUT2D eigenvalue weighted by Crippen LogP contribution is 2.23. The number of nitrogen functional groups attached to an aromatic ring is 1. The van der Waals surface area contributed by atoms with E-state index in [-0.39, 0.29) is 17.7 Å². The van der Waals surface area contributed by atoms with Gasteiger partial charge in [-0.3, -0.25) is 4.79 Å². The van der Waals surface area contributed by atoms with E-state index >= 15 is 0 Å². The van der Waals surface area contributed by atoms with Crippen LogP contribution < -0.4 is 5.73 Å². The molecule has 2 unspecified atom stereocenters. The van der Waals surface area contributed by atoms with Gasteiger partial charge in [0.1, 0.15) is 5.82 Å². The number of methoxy groups -OCH3 is 1. The number of hydrogen-bond acceptors (Lipinski definition) is 3. The maximum absolute atomic E-state index is 13.0. The summed E-state index contributed by atoms with van der Waals surface area (Å²) in [4.78, 5) is 14.1. The molecule has 1 saturated heterocycles. The van der Waals surface area contributed by atoms with E-state index < -0.39 is 5.82 Å². The first-order chi connectivity index (χ1) is 9.02. The number of amides is 1. The van der Waals surface area contributed by atoms with Crippen molar-refractivity contribution in [3.8, 4) is 0 Å². The van der Waals surface area contributed by atoms with Crippen molar-refractivity contribution in [2.24, 2.45) is 5.92 Å². The molecule has 1 aliphatic heterocycles. The number of carbonyl (C=O) groups excluding carboxylic acids is 1. The van der Waals surface area contributed by atoms with Crippen molar-refractivity contribution in [2.45, 2.75) is 19.4 Å². The molecule has 19 heavy (non-hydrogen) atoms. The number of nitrogens with two attached hydrogens (primary N) is 1. The number of halogens is 1. The highest BCUT2D eigenvalue weighted by atomic mass is 19.1. The fraction of sp³-hybridized carbons (Fsp3) is 0.500. The summed E-state index contributed by atoms with van der Waals surface area (Å²) in [6, 6.07) is 3.87. The lowest BCUT2D eigenvalue weighted by molar-refractivity contribution is -0.00153. The lowest BCUT2D eigenvalue weighted by Crippen LogP contribution is -2.46. The Labute approximate surface area is 112 Å². The quantitative estimate of drug-likeness (QED) is 0.832. The van der Waals surface area contributed by atoms with Crippen LogP contribution in [0, 0.1) is 11.7 Å². The number of likely N-dealkylation sites (tertiary alicyclic amines) is 1. The summed E-state index contributed by atoms with van der Waals surface area (Å²) < 4.78 is 18.4. The van der Waals surface area contributed by atoms with Crippen molar-refractivity contribution in [1.82, 2.24) is 4.90 Å². The molecule has 0 radical (unpaired) electrons. The Hall–Kier alpha value is -1.62. The topological polar surface area (TPSA) is 55.6 Å². The molecule has 1 heterocycles. The van der Waals surface area contributed by atoms with Crippen LogP contribution in [0.4, 0.5) is 10.1 Å². The van der Waals surface area contributed by atoms with Crippen molar-refractivity contribution in [1.29, 1.82) is 0 Å². The maximum atomic E-state index is 13.0. The third-order valence-electron chi connectivity index (χ3n) is 3.72. The number of anilines is 1. The molecule has 0 spiro atoms. The summed E-state index contributed by atoms with van der Waals surface area (Å²) >= 11 is 0. The Morgan fingerprint density at radius 3 is 2.89 bits per heavy atom. The highest BCUT2D eigenvalue weighted by Gasteiger charge is 2.29. The van der Waals surface area contributed by atoms with Crippen LogP contribution in [0.15, 0.2) is 18.2 Å². The summed E-state index contributed by atoms with van der Waals surface area (Å²) in [6.07, 6.45) is 0.935. The molecular formula is C14H19FN2O2. The molecule has 0 aromatic heterocycles. The van der Waals surface area contributed by atoms with Gasteiger partial charge in [0.15, 0.2) is 0 Å². The molecule has 2 rings (SSSR count). The summed E-state index contributed by atoms with van der Waals surface area (Å²) in [5, 5.41) is 0. The standard InChI is InChI=1S/C14H19FN2O2/c1-9-5-6-17(8-13(9)19-2)14(18)11-4-3-10(15)7-12(11)16/h3-4,7,9,13H,5-6,8,16H2,1-2H3. The van der Waals surface area contributed by atoms with Gasteiger partial charge in [-0.15, -0.1) is 0 Å². The number of hydrogen-bond donors (Lipinski definition) is 1. The van der Waals surface area contributed by atoms with Gasteiger partial charge < -0.3 is 15.4 Å². The van der Waals surface area contributed by atoms with Crippen LogP contribution in [-0.4, -0.2) is 37.1 Å². The second kappa shape index (κ2) is 5.57. The predicted molar refractivity (Wildman–Crippen MR) is 71.3 cm³/mol. The van der Waals surface area contributed by atoms with Crippen LogP contribution >= 0.6 is 0 Å². The molecule has 0 saturated carbocycles. The van der Waals surface area contributed by atoms with E-state index in [0.717, 1.165) is 6.42 Å². The Morgan fingerprint density at radius 1 is 1.53 bits per heavy atom. The minimum absolute atomic E-state index is 0.0411. The summed E-state index contributed by atoms with van der Waals surface area (Å²) in [5.74, 6) is -0.165. The van der Waals surface area contributed by atoms with Gasteiger partial charge in [-0.05, 0) is 30.5 Å². The Kier molecular flexibility index (Phi) is 4.04. The lowest BCUT2D eigenvalue weighted by Gasteiger charge is -2.36. The molecular weight excluding hydrogens is 247 g/mol. The number of rotatable bonds is 2. The van der Waals surface area contributed by atoms with Crippen LogP contribution in [-0.2, 0) is 4.74 Å². The zero-order valence-corrected chi connectivity index (χ0v) is 11.2. The van der Waals surface area contributed by atoms with Gasteiger partial charge in [0, 0.05) is 25.9 Å². The van der Waals surface area contributed by atoms with Crippen LogP contribution in [0.2, 0.25) is 0 Å². The highest BCUT2D eigenvalue weighted by molar-refractivity contribution is 5.99. The lowest BCUT2D eigenvalue weighted by atomic mass is 9.95. The molecule has 0 bridgehead atoms. The van der Waals surface area contributed by atoms with E-state index in [1.54, 1.807) is 12.0 Å². The molecule has 104 valence electrons. The number of benzene rings is 1. The Balaban J connectivity index is 2.15. The van der Waals surface area contributed by atoms with Crippen molar-refractivity contribution < 1.29 is 13.9 Å². The third kappa shape index (κ3) is 2.87. The summed E-state index contributed by atoms with van der Waals surface area (Å²) in [5.41, 5.74) is 6.24. The zero-order chi connectivity index (χ0) is 14.0. The Bertz CT molecular complexity index is 479. The van der Waals surface area contributed by atoms with E-state index in [2.05, 4.69) is 6.92 Å². The van der Waals surface area contributed by atoms with E-state index in [0.29, 0.717) is 24.6 Å². The molecule has 5 heteroatoms. The fourth-order valence-electron chi connectivity index (χ4n) is 2.42. The minimum atomic E-state index is -0.434. The largest absolute Gasteiger partial charge is 0.398 e. The molecule has 0 aliphatic carbocycles. The SMILES string of the molecule is COC1CN(C(=O)c2ccc(F)cc2N)CCC1C. The van der Waals surface area contributed by atoms with Crippen molar-refractivity contribution >= 4 is 11.6 Å². The van der Waals surface area contributed by atoms with Crippen LogP contribution in [0.3, 0.4) is 0 Å². The van der Waals surface area contributed by atoms with Gasteiger partial charge >= 0.3 is 0 Å². The fourth-order valence-corrected chi connectivity index (χ4v) is 2.42. The normalized spacial score (nSPS) is 23.4. The summed E-state index contributed by atoms with van der Waals surface area (Å²) in [7, 11) is 1.65. The van der Waals surface area contributed by atoms with E-state index in [4.69, 9.17) is 10.5 Å². The molecule has 4 nitrogen and oxygen atoms in total. The van der Waals surface area contributed by atoms with Gasteiger partial charge in [-0.25, -0.2) is 4.39 Å². The number of nitrogens with zero attached hydrogens (tertiary/aromatic N) is 1. The first-order valence-corrected chi connectivity index (χ1v) is 6.40. The monoisotopic (exact) mass is 266 g/mol. The summed E-state index contributed by atoms with van der Waals surface area (Å²) in [6.45, 7) is 3.34. The van der Waals surface area contributed by atoms with Crippen molar-refractivity contribution in [3.05, 3.63) is 29.6 Å². The van der Waals surface area contributed by atoms with Gasteiger partial charge in [0.05, 0.1) is 11.7 Å². The van der Waals surface area contributed by atoms with E-state index in [1.165, 1.54) is 18.2 Å². The molecule has 1 aromatic carbocycles. The maximum Gasteiger partial charge on any atom is 0.256 e. The van der Waals surface area contributed by atoms with Crippen LogP contribution in [0.25, 0.3) is 0 Å². The smallest absolute Gasteiger partial charge is 0.256 e. The Morgan fingerprint density at radius 2 is 2.26 bits per heavy atom. The second-order valence-electron chi connectivity index (χ2n) is 5.02. The average molecular weight is 266 g/mol. The van der Waals surface area contributed by atoms with Crippen molar-refractivity contribution in [3.63, 3.8) is 0 Å². The molecule has 1 amide bonds. The van der Waals surface area contributed by atoms with E-state index in [1.807, 2.05) is 0 Å². The minimum Gasteiger partial charge on any atom is -0.398 e. The molecule has 1 aromatic rings. The van der Waals surface area contributed by atoms with Crippen LogP contribution in [0.1, 0.15) is 23.7 Å². The van der Waals surface area contributed by atoms with Crippen LogP contribution in [0.5, 0.6) is 0 Å². The number of ether oxygens (including phenoxy) is 1. The van der Waals surface area contributed by atoms with E-state index in [9.17, 15) is 9.18 Å². The molecule has 2 atom stereocenters. The zero-order valence-electron chi connectivity index (χ0n) is 11.2.